The lowest BCUT2D eigenvalue weighted by Gasteiger charge is -2.19. The lowest BCUT2D eigenvalue weighted by Crippen LogP contribution is -2.39. The molecule has 1 atom stereocenters. The largest absolute Gasteiger partial charge is 0.419 e. The number of benzene rings is 1. The van der Waals surface area contributed by atoms with E-state index in [-0.39, 0.29) is 18.6 Å². The molecule has 27 heavy (non-hydrogen) atoms. The number of urea groups is 1. The molecule has 0 fully saturated rings. The van der Waals surface area contributed by atoms with E-state index in [4.69, 9.17) is 4.42 Å². The predicted octanol–water partition coefficient (Wildman–Crippen LogP) is 2.95. The lowest BCUT2D eigenvalue weighted by molar-refractivity contribution is 0.200. The van der Waals surface area contributed by atoms with Crippen LogP contribution in [0.2, 0.25) is 0 Å². The van der Waals surface area contributed by atoms with E-state index in [0.29, 0.717) is 18.3 Å². The van der Waals surface area contributed by atoms with E-state index >= 15 is 0 Å². The molecule has 0 aliphatic rings. The van der Waals surface area contributed by atoms with Gasteiger partial charge in [-0.1, -0.05) is 18.2 Å². The Morgan fingerprint density at radius 3 is 2.67 bits per heavy atom. The zero-order chi connectivity index (χ0) is 19.4. The van der Waals surface area contributed by atoms with E-state index < -0.39 is 0 Å². The van der Waals surface area contributed by atoms with Crippen LogP contribution in [-0.4, -0.2) is 44.5 Å². The first-order valence-corrected chi connectivity index (χ1v) is 8.83. The monoisotopic (exact) mass is 368 g/mol. The highest BCUT2D eigenvalue weighted by molar-refractivity contribution is 5.73. The zero-order valence-electron chi connectivity index (χ0n) is 16.0. The first-order chi connectivity index (χ1) is 12.9. The number of hydrogen-bond donors (Lipinski definition) is 1. The molecule has 8 nitrogen and oxygen atoms in total. The minimum absolute atomic E-state index is 0.0594. The average Bonchev–Trinajstić information content (AvgIpc) is 3.26. The molecule has 0 bridgehead atoms. The van der Waals surface area contributed by atoms with E-state index in [2.05, 4.69) is 20.6 Å². The van der Waals surface area contributed by atoms with Gasteiger partial charge >= 0.3 is 6.03 Å². The summed E-state index contributed by atoms with van der Waals surface area (Å²) >= 11 is 0. The molecule has 0 radical (unpaired) electrons. The molecule has 1 aromatic carbocycles. The zero-order valence-corrected chi connectivity index (χ0v) is 16.0. The molecular weight excluding hydrogens is 344 g/mol. The number of amides is 2. The molecular formula is C19H24N6O2. The minimum atomic E-state index is -0.206. The van der Waals surface area contributed by atoms with Crippen LogP contribution < -0.4 is 5.32 Å². The molecule has 3 rings (SSSR count). The van der Waals surface area contributed by atoms with E-state index in [9.17, 15) is 4.79 Å². The second kappa shape index (κ2) is 8.03. The van der Waals surface area contributed by atoms with Crippen molar-refractivity contribution in [3.05, 3.63) is 53.7 Å². The first kappa shape index (κ1) is 18.6. The Labute approximate surface area is 158 Å². The maximum absolute atomic E-state index is 12.3. The summed E-state index contributed by atoms with van der Waals surface area (Å²) in [5.74, 6) is 0.829. The fourth-order valence-corrected chi connectivity index (χ4v) is 2.84. The van der Waals surface area contributed by atoms with Crippen LogP contribution in [0.25, 0.3) is 11.5 Å². The van der Waals surface area contributed by atoms with Gasteiger partial charge in [0.2, 0.25) is 11.8 Å². The highest BCUT2D eigenvalue weighted by atomic mass is 16.4. The number of nitrogens with zero attached hydrogens (tertiary/aromatic N) is 5. The van der Waals surface area contributed by atoms with Gasteiger partial charge in [-0.3, -0.25) is 4.68 Å². The Morgan fingerprint density at radius 1 is 1.26 bits per heavy atom. The fraction of sp³-hybridized carbons (Fsp3) is 0.368. The van der Waals surface area contributed by atoms with Crippen molar-refractivity contribution < 1.29 is 9.21 Å². The molecule has 0 saturated carbocycles. The van der Waals surface area contributed by atoms with E-state index in [0.717, 1.165) is 17.0 Å². The van der Waals surface area contributed by atoms with Gasteiger partial charge in [-0.25, -0.2) is 4.79 Å². The Kier molecular flexibility index (Phi) is 5.54. The molecule has 3 aromatic rings. The van der Waals surface area contributed by atoms with Gasteiger partial charge in [-0.05, 0) is 39.0 Å². The minimum Gasteiger partial charge on any atom is -0.419 e. The van der Waals surface area contributed by atoms with Crippen LogP contribution in [0.3, 0.4) is 0 Å². The third-order valence-corrected chi connectivity index (χ3v) is 4.22. The maximum Gasteiger partial charge on any atom is 0.317 e. The van der Waals surface area contributed by atoms with Gasteiger partial charge < -0.3 is 14.6 Å². The summed E-state index contributed by atoms with van der Waals surface area (Å²) in [5, 5.41) is 15.4. The first-order valence-electron chi connectivity index (χ1n) is 8.83. The van der Waals surface area contributed by atoms with Crippen molar-refractivity contribution in [2.75, 3.05) is 13.6 Å². The third-order valence-electron chi connectivity index (χ3n) is 4.22. The number of nitrogens with one attached hydrogen (secondary N) is 1. The van der Waals surface area contributed by atoms with Crippen LogP contribution in [0.15, 0.2) is 40.8 Å². The molecule has 0 spiro atoms. The number of hydrogen-bond acceptors (Lipinski definition) is 5. The number of carbonyl (C=O) groups excluding carboxylic acids is 1. The normalized spacial score (nSPS) is 12.0. The number of carbonyl (C=O) groups is 1. The van der Waals surface area contributed by atoms with Crippen LogP contribution in [0.4, 0.5) is 4.79 Å². The average molecular weight is 368 g/mol. The van der Waals surface area contributed by atoms with E-state index in [1.54, 1.807) is 7.05 Å². The van der Waals surface area contributed by atoms with Gasteiger partial charge in [-0.2, -0.15) is 5.10 Å². The summed E-state index contributed by atoms with van der Waals surface area (Å²) in [4.78, 5) is 13.9. The van der Waals surface area contributed by atoms with Gasteiger partial charge in [0.05, 0.1) is 11.7 Å². The summed E-state index contributed by atoms with van der Waals surface area (Å²) < 4.78 is 7.56. The molecule has 0 aliphatic heterocycles. The third kappa shape index (κ3) is 4.52. The molecule has 8 heteroatoms. The Morgan fingerprint density at radius 2 is 2.00 bits per heavy atom. The summed E-state index contributed by atoms with van der Waals surface area (Å²) in [6, 6.07) is 11.4. The topological polar surface area (TPSA) is 89.1 Å². The smallest absolute Gasteiger partial charge is 0.317 e. The highest BCUT2D eigenvalue weighted by Gasteiger charge is 2.16. The summed E-state index contributed by atoms with van der Waals surface area (Å²) in [7, 11) is 1.69. The van der Waals surface area contributed by atoms with Gasteiger partial charge in [0.15, 0.2) is 0 Å². The molecule has 2 heterocycles. The molecule has 1 N–H and O–H groups in total. The van der Waals surface area contributed by atoms with Gasteiger partial charge in [0.25, 0.3) is 0 Å². The van der Waals surface area contributed by atoms with Gasteiger partial charge in [0, 0.05) is 24.8 Å². The van der Waals surface area contributed by atoms with Gasteiger partial charge in [-0.15, -0.1) is 10.2 Å². The second-order valence-electron chi connectivity index (χ2n) is 6.63. The van der Waals surface area contributed by atoms with Crippen molar-refractivity contribution in [2.24, 2.45) is 0 Å². The molecule has 142 valence electrons. The van der Waals surface area contributed by atoms with Crippen LogP contribution >= 0.6 is 0 Å². The fourth-order valence-electron chi connectivity index (χ4n) is 2.84. The van der Waals surface area contributed by atoms with E-state index in [1.165, 1.54) is 4.90 Å². The van der Waals surface area contributed by atoms with Crippen molar-refractivity contribution >= 4 is 6.03 Å². The summed E-state index contributed by atoms with van der Waals surface area (Å²) in [6.07, 6.45) is 0. The Balaban J connectivity index is 1.53. The van der Waals surface area contributed by atoms with Crippen LogP contribution in [0.5, 0.6) is 0 Å². The predicted molar refractivity (Wildman–Crippen MR) is 101 cm³/mol. The van der Waals surface area contributed by atoms with Crippen molar-refractivity contribution in [1.82, 2.24) is 30.2 Å². The highest BCUT2D eigenvalue weighted by Crippen LogP contribution is 2.17. The molecule has 0 saturated heterocycles. The second-order valence-corrected chi connectivity index (χ2v) is 6.63. The molecule has 2 amide bonds. The van der Waals surface area contributed by atoms with Crippen molar-refractivity contribution in [1.29, 1.82) is 0 Å². The summed E-state index contributed by atoms with van der Waals surface area (Å²) in [5.41, 5.74) is 2.89. The van der Waals surface area contributed by atoms with Crippen molar-refractivity contribution in [3.63, 3.8) is 0 Å². The van der Waals surface area contributed by atoms with Gasteiger partial charge in [0.1, 0.15) is 6.54 Å². The van der Waals surface area contributed by atoms with Crippen molar-refractivity contribution in [3.8, 4) is 11.5 Å². The van der Waals surface area contributed by atoms with E-state index in [1.807, 2.05) is 61.9 Å². The van der Waals surface area contributed by atoms with Crippen LogP contribution in [0, 0.1) is 13.8 Å². The van der Waals surface area contributed by atoms with Crippen LogP contribution in [-0.2, 0) is 6.54 Å². The molecule has 0 unspecified atom stereocenters. The standard InChI is InChI=1S/C19H24N6O2/c1-13-10-14(2)25(23-13)15(3)11-20-19(26)24(4)12-17-21-22-18(27-17)16-8-6-5-7-9-16/h5-10,15H,11-12H2,1-4H3,(H,20,26)/t15-/m0/s1. The number of aromatic nitrogens is 4. The Hall–Kier alpha value is -3.16. The molecule has 0 aliphatic carbocycles. The molecule has 2 aromatic heterocycles. The summed E-state index contributed by atoms with van der Waals surface area (Å²) in [6.45, 7) is 6.69. The SMILES string of the molecule is Cc1cc(C)n([C@@H](C)CNC(=O)N(C)Cc2nnc(-c3ccccc3)o2)n1. The number of aryl methyl sites for hydroxylation is 2. The lowest BCUT2D eigenvalue weighted by atomic mass is 10.2. The Bertz CT molecular complexity index is 902. The van der Waals surface area contributed by atoms with Crippen LogP contribution in [0.1, 0.15) is 30.2 Å². The number of rotatable bonds is 6. The maximum atomic E-state index is 12.3. The quantitative estimate of drug-likeness (QED) is 0.722. The van der Waals surface area contributed by atoms with Crippen molar-refractivity contribution in [2.45, 2.75) is 33.4 Å².